The number of rotatable bonds is 5. The summed E-state index contributed by atoms with van der Waals surface area (Å²) in [5.41, 5.74) is -0.784. The predicted molar refractivity (Wildman–Crippen MR) is 93.8 cm³/mol. The van der Waals surface area contributed by atoms with Crippen molar-refractivity contribution in [3.05, 3.63) is 65.7 Å². The number of hydrogen-bond donors (Lipinski definition) is 0. The molecule has 0 aromatic heterocycles. The molecule has 9 heteroatoms. The molecule has 1 aliphatic heterocycles. The van der Waals surface area contributed by atoms with E-state index in [2.05, 4.69) is 0 Å². The molecule has 1 aliphatic rings. The van der Waals surface area contributed by atoms with Crippen molar-refractivity contribution in [3.8, 4) is 0 Å². The van der Waals surface area contributed by atoms with E-state index < -0.39 is 39.8 Å². The number of hydrogen-bond acceptors (Lipinski definition) is 5. The van der Waals surface area contributed by atoms with Gasteiger partial charge >= 0.3 is 6.18 Å². The Bertz CT molecular complexity index is 946. The summed E-state index contributed by atoms with van der Waals surface area (Å²) in [4.78, 5) is 10.7. The zero-order valence-corrected chi connectivity index (χ0v) is 16.0. The summed E-state index contributed by atoms with van der Waals surface area (Å²) in [6.45, 7) is 1.26. The molecule has 1 heterocycles. The van der Waals surface area contributed by atoms with Crippen LogP contribution in [0.15, 0.2) is 59.5 Å². The first-order valence-electron chi connectivity index (χ1n) is 8.41. The lowest BCUT2D eigenvalue weighted by Gasteiger charge is -2.42. The minimum absolute atomic E-state index is 0.110. The van der Waals surface area contributed by atoms with Gasteiger partial charge in [-0.1, -0.05) is 42.5 Å². The summed E-state index contributed by atoms with van der Waals surface area (Å²) in [6.07, 6.45) is -4.56. The molecule has 0 bridgehead atoms. The monoisotopic (exact) mass is 416 g/mol. The number of halogens is 3. The molecule has 0 spiro atoms. The Morgan fingerprint density at radius 3 is 2.11 bits per heavy atom. The third-order valence-electron chi connectivity index (χ3n) is 4.45. The minimum atomic E-state index is -4.56. The van der Waals surface area contributed by atoms with Crippen LogP contribution in [0.3, 0.4) is 0 Å². The molecule has 0 N–H and O–H groups in total. The molecule has 2 atom stereocenters. The molecule has 2 aromatic carbocycles. The minimum Gasteiger partial charge on any atom is -0.334 e. The maximum absolute atomic E-state index is 12.8. The average Bonchev–Trinajstić information content (AvgIpc) is 2.64. The van der Waals surface area contributed by atoms with Gasteiger partial charge in [-0.15, -0.1) is 0 Å². The number of benzene rings is 2. The molecule has 3 rings (SSSR count). The molecule has 152 valence electrons. The third-order valence-corrected chi connectivity index (χ3v) is 6.37. The van der Waals surface area contributed by atoms with Crippen molar-refractivity contribution in [3.63, 3.8) is 0 Å². The highest BCUT2D eigenvalue weighted by atomic mass is 32.2. The van der Waals surface area contributed by atoms with Gasteiger partial charge in [0.2, 0.25) is 5.79 Å². The molecule has 0 saturated carbocycles. The molecule has 5 nitrogen and oxygen atoms in total. The molecule has 0 saturated heterocycles. The van der Waals surface area contributed by atoms with Crippen LogP contribution in [0.2, 0.25) is 0 Å². The number of alkyl halides is 3. The van der Waals surface area contributed by atoms with Gasteiger partial charge in [-0.05, 0) is 31.5 Å². The summed E-state index contributed by atoms with van der Waals surface area (Å²) in [5.74, 6) is -2.29. The van der Waals surface area contributed by atoms with Gasteiger partial charge in [0.05, 0.1) is 10.6 Å². The van der Waals surface area contributed by atoms with Gasteiger partial charge in [0, 0.05) is 5.56 Å². The summed E-state index contributed by atoms with van der Waals surface area (Å²) in [5, 5.41) is 0. The highest BCUT2D eigenvalue weighted by Gasteiger charge is 2.49. The fourth-order valence-corrected chi connectivity index (χ4v) is 4.77. The van der Waals surface area contributed by atoms with Crippen molar-refractivity contribution >= 4 is 9.84 Å². The quantitative estimate of drug-likeness (QED) is 0.687. The fourth-order valence-electron chi connectivity index (χ4n) is 3.10. The van der Waals surface area contributed by atoms with Crippen molar-refractivity contribution in [1.29, 1.82) is 0 Å². The van der Waals surface area contributed by atoms with Crippen LogP contribution in [0.4, 0.5) is 13.2 Å². The Hall–Kier alpha value is -1.94. The van der Waals surface area contributed by atoms with Crippen molar-refractivity contribution in [1.82, 2.24) is 0 Å². The van der Waals surface area contributed by atoms with E-state index in [9.17, 15) is 21.6 Å². The zero-order chi connectivity index (χ0) is 20.6. The van der Waals surface area contributed by atoms with E-state index in [0.29, 0.717) is 5.56 Å². The van der Waals surface area contributed by atoms with Crippen molar-refractivity contribution < 1.29 is 36.1 Å². The molecular weight excluding hydrogens is 397 g/mol. The average molecular weight is 416 g/mol. The van der Waals surface area contributed by atoms with E-state index in [1.165, 1.54) is 32.0 Å². The lowest BCUT2D eigenvalue weighted by molar-refractivity contribution is -0.484. The first-order valence-corrected chi connectivity index (χ1v) is 10.1. The van der Waals surface area contributed by atoms with E-state index in [4.69, 9.17) is 14.5 Å². The Balaban J connectivity index is 1.96. The number of ether oxygens (including phenoxy) is 1. The SMILES string of the molecule is C[C@]1(OCC(F)(F)F)OO[C@](C)(CS(=O)(=O)c2ccccc2)c2ccccc21. The van der Waals surface area contributed by atoms with Crippen LogP contribution in [-0.4, -0.2) is 27.0 Å². The molecule has 0 radical (unpaired) electrons. The van der Waals surface area contributed by atoms with Gasteiger partial charge in [0.1, 0.15) is 12.2 Å². The standard InChI is InChI=1S/C19H19F3O5S/c1-17(13-28(23,24)14-8-4-3-5-9-14)15-10-6-7-11-16(15)18(2,27-26-17)25-12-19(20,21)22/h3-11H,12-13H2,1-2H3/t17-,18+/m1/s1. The van der Waals surface area contributed by atoms with Crippen molar-refractivity contribution in [2.45, 2.75) is 36.3 Å². The van der Waals surface area contributed by atoms with Gasteiger partial charge in [0.25, 0.3) is 0 Å². The van der Waals surface area contributed by atoms with Gasteiger partial charge in [-0.25, -0.2) is 13.3 Å². The second-order valence-electron chi connectivity index (χ2n) is 6.86. The van der Waals surface area contributed by atoms with Crippen molar-refractivity contribution in [2.75, 3.05) is 12.4 Å². The van der Waals surface area contributed by atoms with E-state index in [0.717, 1.165) is 0 Å². The second-order valence-corrected chi connectivity index (χ2v) is 8.85. The Morgan fingerprint density at radius 2 is 1.50 bits per heavy atom. The normalized spacial score (nSPS) is 25.3. The maximum Gasteiger partial charge on any atom is 0.411 e. The number of sulfone groups is 1. The van der Waals surface area contributed by atoms with E-state index in [-0.39, 0.29) is 10.5 Å². The zero-order valence-electron chi connectivity index (χ0n) is 15.2. The van der Waals surface area contributed by atoms with E-state index in [1.807, 2.05) is 0 Å². The molecule has 0 aliphatic carbocycles. The summed E-state index contributed by atoms with van der Waals surface area (Å²) in [7, 11) is -3.76. The van der Waals surface area contributed by atoms with E-state index in [1.54, 1.807) is 36.4 Å². The Labute approximate surface area is 160 Å². The first-order chi connectivity index (χ1) is 13.0. The lowest BCUT2D eigenvalue weighted by Crippen LogP contribution is -2.47. The molecule has 0 amide bonds. The number of fused-ring (bicyclic) bond motifs is 1. The highest BCUT2D eigenvalue weighted by molar-refractivity contribution is 7.91. The fraction of sp³-hybridized carbons (Fsp3) is 0.368. The van der Waals surface area contributed by atoms with Gasteiger partial charge < -0.3 is 4.74 Å². The molecule has 28 heavy (non-hydrogen) atoms. The molecule has 0 fully saturated rings. The smallest absolute Gasteiger partial charge is 0.334 e. The topological polar surface area (TPSA) is 61.8 Å². The Kier molecular flexibility index (Phi) is 5.30. The van der Waals surface area contributed by atoms with Crippen LogP contribution in [-0.2, 0) is 35.7 Å². The van der Waals surface area contributed by atoms with Gasteiger partial charge in [-0.2, -0.15) is 18.1 Å². The third kappa shape index (κ3) is 4.22. The first kappa shape index (κ1) is 20.8. The Morgan fingerprint density at radius 1 is 0.929 bits per heavy atom. The summed E-state index contributed by atoms with van der Waals surface area (Å²) >= 11 is 0. The van der Waals surface area contributed by atoms with Crippen molar-refractivity contribution in [2.24, 2.45) is 0 Å². The molecule has 0 unspecified atom stereocenters. The van der Waals surface area contributed by atoms with Gasteiger partial charge in [-0.3, -0.25) is 0 Å². The van der Waals surface area contributed by atoms with Crippen LogP contribution < -0.4 is 0 Å². The summed E-state index contributed by atoms with van der Waals surface area (Å²) < 4.78 is 68.4. The van der Waals surface area contributed by atoms with Crippen LogP contribution in [0.25, 0.3) is 0 Å². The van der Waals surface area contributed by atoms with Crippen LogP contribution in [0.5, 0.6) is 0 Å². The van der Waals surface area contributed by atoms with Crippen LogP contribution in [0, 0.1) is 0 Å². The lowest BCUT2D eigenvalue weighted by atomic mass is 9.88. The van der Waals surface area contributed by atoms with Crippen LogP contribution >= 0.6 is 0 Å². The summed E-state index contributed by atoms with van der Waals surface area (Å²) in [6, 6.07) is 14.2. The highest BCUT2D eigenvalue weighted by Crippen LogP contribution is 2.44. The second kappa shape index (κ2) is 7.14. The largest absolute Gasteiger partial charge is 0.411 e. The van der Waals surface area contributed by atoms with E-state index >= 15 is 0 Å². The predicted octanol–water partition coefficient (Wildman–Crippen LogP) is 4.09. The van der Waals surface area contributed by atoms with Gasteiger partial charge in [0.15, 0.2) is 9.84 Å². The maximum atomic E-state index is 12.8. The molecule has 2 aromatic rings. The van der Waals surface area contributed by atoms with Crippen LogP contribution in [0.1, 0.15) is 25.0 Å². The molecular formula is C19H19F3O5S.